The number of aryl methyl sites for hydroxylation is 2. The van der Waals surface area contributed by atoms with Crippen LogP contribution in [0, 0.1) is 13.8 Å². The number of nitrogens with one attached hydrogen (secondary N) is 1. The number of rotatable bonds is 12. The van der Waals surface area contributed by atoms with Crippen LogP contribution in [0.5, 0.6) is 5.75 Å². The van der Waals surface area contributed by atoms with Crippen molar-refractivity contribution in [3.63, 3.8) is 0 Å². The maximum atomic E-state index is 14.3. The van der Waals surface area contributed by atoms with E-state index in [2.05, 4.69) is 5.32 Å². The summed E-state index contributed by atoms with van der Waals surface area (Å²) in [6.07, 6.45) is 5.51. The van der Waals surface area contributed by atoms with Crippen LogP contribution in [-0.4, -0.2) is 50.9 Å². The second-order valence-corrected chi connectivity index (χ2v) is 13.1. The van der Waals surface area contributed by atoms with Crippen LogP contribution in [0.4, 0.5) is 5.69 Å². The summed E-state index contributed by atoms with van der Waals surface area (Å²) < 4.78 is 34.7. The Labute approximate surface area is 256 Å². The predicted molar refractivity (Wildman–Crippen MR) is 170 cm³/mol. The number of nitrogens with zero attached hydrogens (tertiary/aromatic N) is 2. The van der Waals surface area contributed by atoms with Crippen molar-refractivity contribution < 1.29 is 22.7 Å². The Balaban J connectivity index is 1.72. The van der Waals surface area contributed by atoms with Gasteiger partial charge in [0, 0.05) is 12.6 Å². The van der Waals surface area contributed by atoms with Gasteiger partial charge in [0.2, 0.25) is 11.8 Å². The van der Waals surface area contributed by atoms with Crippen molar-refractivity contribution in [2.45, 2.75) is 82.8 Å². The Hall–Kier alpha value is -3.85. The lowest BCUT2D eigenvalue weighted by atomic mass is 9.95. The molecular weight excluding hydrogens is 562 g/mol. The summed E-state index contributed by atoms with van der Waals surface area (Å²) in [6.45, 7) is 5.24. The minimum absolute atomic E-state index is 0.0782. The van der Waals surface area contributed by atoms with Gasteiger partial charge in [0.1, 0.15) is 18.3 Å². The summed E-state index contributed by atoms with van der Waals surface area (Å²) in [4.78, 5) is 29.6. The molecule has 0 bridgehead atoms. The standard InChI is InChI=1S/C34H43N3O5S/c1-5-31(34(39)35-28-14-7-6-8-15-28)36(23-27-13-11-16-29(22-27)42-4)33(38)24-37(32-17-10-9-12-26(32)3)43(40,41)30-20-18-25(2)19-21-30/h9-13,16-22,28,31H,5-8,14-15,23-24H2,1-4H3,(H,35,39)/t31-/m1/s1. The van der Waals surface area contributed by atoms with E-state index >= 15 is 0 Å². The lowest BCUT2D eigenvalue weighted by Gasteiger charge is -2.34. The van der Waals surface area contributed by atoms with Crippen LogP contribution >= 0.6 is 0 Å². The molecule has 8 nitrogen and oxygen atoms in total. The monoisotopic (exact) mass is 605 g/mol. The van der Waals surface area contributed by atoms with Gasteiger partial charge in [0.05, 0.1) is 17.7 Å². The number of benzene rings is 3. The molecule has 0 heterocycles. The molecule has 0 aromatic heterocycles. The van der Waals surface area contributed by atoms with Crippen LogP contribution in [-0.2, 0) is 26.2 Å². The molecule has 1 fully saturated rings. The number of para-hydroxylation sites is 1. The van der Waals surface area contributed by atoms with Gasteiger partial charge in [0.15, 0.2) is 0 Å². The van der Waals surface area contributed by atoms with Gasteiger partial charge in [-0.05, 0) is 74.6 Å². The molecule has 230 valence electrons. The Morgan fingerprint density at radius 1 is 0.953 bits per heavy atom. The van der Waals surface area contributed by atoms with E-state index in [9.17, 15) is 18.0 Å². The first-order valence-corrected chi connectivity index (χ1v) is 16.5. The molecule has 0 unspecified atom stereocenters. The number of anilines is 1. The zero-order valence-electron chi connectivity index (χ0n) is 25.6. The number of methoxy groups -OCH3 is 1. The van der Waals surface area contributed by atoms with E-state index < -0.39 is 28.5 Å². The zero-order chi connectivity index (χ0) is 31.0. The van der Waals surface area contributed by atoms with Crippen molar-refractivity contribution in [3.05, 3.63) is 89.5 Å². The molecule has 0 radical (unpaired) electrons. The number of carbonyl (C=O) groups is 2. The fourth-order valence-electron chi connectivity index (χ4n) is 5.63. The van der Waals surface area contributed by atoms with Gasteiger partial charge in [-0.2, -0.15) is 0 Å². The Morgan fingerprint density at radius 3 is 2.30 bits per heavy atom. The molecule has 4 rings (SSSR count). The van der Waals surface area contributed by atoms with Gasteiger partial charge >= 0.3 is 0 Å². The van der Waals surface area contributed by atoms with E-state index in [0.717, 1.165) is 43.2 Å². The van der Waals surface area contributed by atoms with Crippen LogP contribution in [0.3, 0.4) is 0 Å². The van der Waals surface area contributed by atoms with Crippen LogP contribution in [0.25, 0.3) is 0 Å². The van der Waals surface area contributed by atoms with Crippen LogP contribution < -0.4 is 14.4 Å². The van der Waals surface area contributed by atoms with Gasteiger partial charge < -0.3 is 15.0 Å². The fraction of sp³-hybridized carbons (Fsp3) is 0.412. The first-order valence-electron chi connectivity index (χ1n) is 15.0. The van der Waals surface area contributed by atoms with Gasteiger partial charge in [-0.1, -0.05) is 74.2 Å². The summed E-state index contributed by atoms with van der Waals surface area (Å²) in [5.74, 6) is -0.0463. The molecule has 1 N–H and O–H groups in total. The van der Waals surface area contributed by atoms with Gasteiger partial charge in [0.25, 0.3) is 10.0 Å². The number of hydrogen-bond acceptors (Lipinski definition) is 5. The Kier molecular flexibility index (Phi) is 10.9. The molecule has 3 aromatic rings. The maximum absolute atomic E-state index is 14.3. The van der Waals surface area contributed by atoms with Crippen molar-refractivity contribution in [1.29, 1.82) is 0 Å². The minimum atomic E-state index is -4.12. The second-order valence-electron chi connectivity index (χ2n) is 11.3. The van der Waals surface area contributed by atoms with E-state index in [0.29, 0.717) is 23.4 Å². The first kappa shape index (κ1) is 32.1. The van der Waals surface area contributed by atoms with E-state index in [1.165, 1.54) is 9.21 Å². The van der Waals surface area contributed by atoms with E-state index in [4.69, 9.17) is 4.74 Å². The maximum Gasteiger partial charge on any atom is 0.264 e. The normalized spacial score (nSPS) is 14.5. The van der Waals surface area contributed by atoms with Crippen molar-refractivity contribution in [1.82, 2.24) is 10.2 Å². The first-order chi connectivity index (χ1) is 20.6. The highest BCUT2D eigenvalue weighted by Gasteiger charge is 2.35. The molecule has 1 atom stereocenters. The van der Waals surface area contributed by atoms with Gasteiger partial charge in [-0.25, -0.2) is 8.42 Å². The van der Waals surface area contributed by atoms with E-state index in [1.807, 2.05) is 57.2 Å². The number of ether oxygens (including phenoxy) is 1. The molecule has 43 heavy (non-hydrogen) atoms. The summed E-state index contributed by atoms with van der Waals surface area (Å²) in [6, 6.07) is 20.3. The smallest absolute Gasteiger partial charge is 0.264 e. The predicted octanol–water partition coefficient (Wildman–Crippen LogP) is 5.76. The summed E-state index contributed by atoms with van der Waals surface area (Å²) in [7, 11) is -2.54. The molecule has 1 aliphatic rings. The third-order valence-electron chi connectivity index (χ3n) is 8.10. The number of sulfonamides is 1. The lowest BCUT2D eigenvalue weighted by Crippen LogP contribution is -2.54. The summed E-state index contributed by atoms with van der Waals surface area (Å²) >= 11 is 0. The Morgan fingerprint density at radius 2 is 1.65 bits per heavy atom. The van der Waals surface area contributed by atoms with Crippen molar-refractivity contribution in [2.24, 2.45) is 0 Å². The van der Waals surface area contributed by atoms with Gasteiger partial charge in [-0.15, -0.1) is 0 Å². The van der Waals surface area contributed by atoms with Crippen LogP contribution in [0.2, 0.25) is 0 Å². The number of hydrogen-bond donors (Lipinski definition) is 1. The van der Waals surface area contributed by atoms with Gasteiger partial charge in [-0.3, -0.25) is 13.9 Å². The van der Waals surface area contributed by atoms with Crippen LogP contribution in [0.1, 0.15) is 62.1 Å². The average Bonchev–Trinajstić information content (AvgIpc) is 3.01. The summed E-state index contributed by atoms with van der Waals surface area (Å²) in [5.41, 5.74) is 2.84. The van der Waals surface area contributed by atoms with E-state index in [1.54, 1.807) is 43.5 Å². The zero-order valence-corrected chi connectivity index (χ0v) is 26.4. The topological polar surface area (TPSA) is 96.0 Å². The quantitative estimate of drug-likeness (QED) is 0.283. The molecular formula is C34H43N3O5S. The molecule has 0 aliphatic heterocycles. The molecule has 2 amide bonds. The molecule has 1 aliphatic carbocycles. The van der Waals surface area contributed by atoms with Crippen molar-refractivity contribution in [2.75, 3.05) is 18.0 Å². The summed E-state index contributed by atoms with van der Waals surface area (Å²) in [5, 5.41) is 3.18. The fourth-order valence-corrected chi connectivity index (χ4v) is 7.10. The second kappa shape index (κ2) is 14.6. The van der Waals surface area contributed by atoms with Crippen molar-refractivity contribution >= 4 is 27.5 Å². The van der Waals surface area contributed by atoms with Crippen LogP contribution in [0.15, 0.2) is 77.7 Å². The average molecular weight is 606 g/mol. The van der Waals surface area contributed by atoms with Crippen molar-refractivity contribution in [3.8, 4) is 5.75 Å². The molecule has 1 saturated carbocycles. The highest BCUT2D eigenvalue weighted by molar-refractivity contribution is 7.92. The molecule has 0 spiro atoms. The molecule has 3 aromatic carbocycles. The third kappa shape index (κ3) is 7.96. The van der Waals surface area contributed by atoms with E-state index in [-0.39, 0.29) is 23.4 Å². The minimum Gasteiger partial charge on any atom is -0.497 e. The lowest BCUT2D eigenvalue weighted by molar-refractivity contribution is -0.140. The highest BCUT2D eigenvalue weighted by Crippen LogP contribution is 2.28. The SMILES string of the molecule is CC[C@H](C(=O)NC1CCCCC1)N(Cc1cccc(OC)c1)C(=O)CN(c1ccccc1C)S(=O)(=O)c1ccc(C)cc1. The Bertz CT molecular complexity index is 1500. The number of amides is 2. The molecule has 0 saturated heterocycles. The number of carbonyl (C=O) groups excluding carboxylic acids is 2. The largest absolute Gasteiger partial charge is 0.497 e. The highest BCUT2D eigenvalue weighted by atomic mass is 32.2. The molecule has 9 heteroatoms. The third-order valence-corrected chi connectivity index (χ3v) is 9.87.